The summed E-state index contributed by atoms with van der Waals surface area (Å²) in [4.78, 5) is 13.2. The molecule has 2 atom stereocenters. The number of carbonyl (C=O) groups is 1. The second kappa shape index (κ2) is 9.50. The van der Waals surface area contributed by atoms with E-state index in [9.17, 15) is 18.8 Å². The summed E-state index contributed by atoms with van der Waals surface area (Å²) in [5.74, 6) is 0.604. The van der Waals surface area contributed by atoms with Crippen molar-refractivity contribution in [3.8, 4) is 6.07 Å². The van der Waals surface area contributed by atoms with Crippen molar-refractivity contribution in [1.82, 2.24) is 10.6 Å². The van der Waals surface area contributed by atoms with E-state index in [-0.39, 0.29) is 0 Å². The van der Waals surface area contributed by atoms with E-state index in [0.29, 0.717) is 29.2 Å². The molecule has 3 rings (SSSR count). The number of nitriles is 1. The third kappa shape index (κ3) is 5.53. The van der Waals surface area contributed by atoms with Gasteiger partial charge in [0.25, 0.3) is 6.43 Å². The van der Waals surface area contributed by atoms with Gasteiger partial charge in [0.2, 0.25) is 5.91 Å². The average molecular weight is 422 g/mol. The minimum absolute atomic E-state index is 0.330. The van der Waals surface area contributed by atoms with Crippen molar-refractivity contribution in [3.05, 3.63) is 58.3 Å². The first-order chi connectivity index (χ1) is 13.5. The summed E-state index contributed by atoms with van der Waals surface area (Å²) in [6, 6.07) is 13.2. The number of alkyl halides is 2. The molecule has 1 aliphatic carbocycles. The summed E-state index contributed by atoms with van der Waals surface area (Å²) < 4.78 is 27.3. The smallest absolute Gasteiger partial charge is 0.258 e. The fraction of sp³-hybridized carbons (Fsp3) is 0.400. The number of hydrogen-bond acceptors (Lipinski definition) is 5. The zero-order chi connectivity index (χ0) is 20.0. The summed E-state index contributed by atoms with van der Waals surface area (Å²) in [6.07, 6.45) is -1.44. The Balaban J connectivity index is 1.67. The molecule has 1 saturated carbocycles. The van der Waals surface area contributed by atoms with Gasteiger partial charge in [-0.05, 0) is 29.9 Å². The lowest BCUT2D eigenvalue weighted by Gasteiger charge is -2.25. The zero-order valence-electron chi connectivity index (χ0n) is 15.1. The molecule has 8 heteroatoms. The van der Waals surface area contributed by atoms with Gasteiger partial charge in [-0.3, -0.25) is 10.1 Å². The van der Waals surface area contributed by atoms with Gasteiger partial charge < -0.3 is 5.32 Å². The highest BCUT2D eigenvalue weighted by Gasteiger charge is 2.46. The first-order valence-corrected chi connectivity index (χ1v) is 11.0. The number of nitrogens with zero attached hydrogens (tertiary/aromatic N) is 1. The molecule has 0 spiro atoms. The molecular weight excluding hydrogens is 400 g/mol. The van der Waals surface area contributed by atoms with Crippen LogP contribution in [0.2, 0.25) is 0 Å². The number of halogens is 2. The first-order valence-electron chi connectivity index (χ1n) is 8.95. The quantitative estimate of drug-likeness (QED) is 0.606. The predicted octanol–water partition coefficient (Wildman–Crippen LogP) is 4.12. The normalized spacial score (nSPS) is 16.9. The maximum Gasteiger partial charge on any atom is 0.258 e. The van der Waals surface area contributed by atoms with E-state index in [1.807, 2.05) is 30.3 Å². The van der Waals surface area contributed by atoms with Gasteiger partial charge in [0.1, 0.15) is 11.6 Å². The molecule has 28 heavy (non-hydrogen) atoms. The monoisotopic (exact) mass is 421 g/mol. The Kier molecular flexibility index (Phi) is 7.05. The fourth-order valence-corrected chi connectivity index (χ4v) is 4.56. The Morgan fingerprint density at radius 1 is 1.25 bits per heavy atom. The highest BCUT2D eigenvalue weighted by molar-refractivity contribution is 7.98. The second-order valence-corrected chi connectivity index (χ2v) is 8.74. The molecule has 1 aliphatic rings. The number of nitrogens with one attached hydrogen (secondary N) is 2. The van der Waals surface area contributed by atoms with E-state index < -0.39 is 30.0 Å². The summed E-state index contributed by atoms with van der Waals surface area (Å²) in [5, 5.41) is 16.5. The molecule has 0 bridgehead atoms. The third-order valence-electron chi connectivity index (χ3n) is 4.52. The van der Waals surface area contributed by atoms with Crippen LogP contribution in [-0.2, 0) is 10.5 Å². The van der Waals surface area contributed by atoms with E-state index in [1.165, 1.54) is 23.1 Å². The summed E-state index contributed by atoms with van der Waals surface area (Å²) >= 11 is 2.73. The van der Waals surface area contributed by atoms with Crippen molar-refractivity contribution in [1.29, 1.82) is 5.26 Å². The van der Waals surface area contributed by atoms with Crippen molar-refractivity contribution in [3.63, 3.8) is 0 Å². The lowest BCUT2D eigenvalue weighted by atomic mass is 10.2. The summed E-state index contributed by atoms with van der Waals surface area (Å²) in [7, 11) is 0. The van der Waals surface area contributed by atoms with Crippen molar-refractivity contribution in [2.45, 2.75) is 42.6 Å². The average Bonchev–Trinajstić information content (AvgIpc) is 3.25. The molecule has 1 aromatic carbocycles. The number of hydrogen-bond donors (Lipinski definition) is 2. The zero-order valence-corrected chi connectivity index (χ0v) is 16.7. The van der Waals surface area contributed by atoms with E-state index in [0.717, 1.165) is 5.56 Å². The second-order valence-electron chi connectivity index (χ2n) is 6.73. The van der Waals surface area contributed by atoms with Crippen LogP contribution in [-0.4, -0.2) is 29.7 Å². The SMILES string of the molecule is N#CC1(NC(=O)C(CSCc2ccccc2)N[C@@H](c2cccs2)C(F)F)CC1. The van der Waals surface area contributed by atoms with Crippen LogP contribution in [0.25, 0.3) is 0 Å². The Morgan fingerprint density at radius 2 is 2.00 bits per heavy atom. The number of carbonyl (C=O) groups excluding carboxylic acids is 1. The van der Waals surface area contributed by atoms with E-state index in [2.05, 4.69) is 16.7 Å². The number of benzene rings is 1. The van der Waals surface area contributed by atoms with Crippen LogP contribution >= 0.6 is 23.1 Å². The van der Waals surface area contributed by atoms with Gasteiger partial charge in [0, 0.05) is 16.4 Å². The maximum atomic E-state index is 13.6. The van der Waals surface area contributed by atoms with Gasteiger partial charge in [0.05, 0.1) is 12.1 Å². The van der Waals surface area contributed by atoms with Crippen LogP contribution in [0.4, 0.5) is 8.78 Å². The molecule has 1 fully saturated rings. The fourth-order valence-electron chi connectivity index (χ4n) is 2.75. The largest absolute Gasteiger partial charge is 0.336 e. The molecule has 0 radical (unpaired) electrons. The van der Waals surface area contributed by atoms with Crippen LogP contribution in [0.1, 0.15) is 29.3 Å². The Morgan fingerprint density at radius 3 is 2.57 bits per heavy atom. The molecule has 1 unspecified atom stereocenters. The van der Waals surface area contributed by atoms with Gasteiger partial charge in [-0.1, -0.05) is 36.4 Å². The standard InChI is InChI=1S/C20H21F2N3OS2/c21-18(22)17(16-7-4-10-28-16)24-15(19(26)25-20(13-23)8-9-20)12-27-11-14-5-2-1-3-6-14/h1-7,10,15,17-18,24H,8-9,11-12H2,(H,25,26)/t15?,17-/m0/s1. The van der Waals surface area contributed by atoms with Gasteiger partial charge in [-0.2, -0.15) is 17.0 Å². The van der Waals surface area contributed by atoms with Gasteiger partial charge in [0.15, 0.2) is 0 Å². The Bertz CT molecular complexity index is 805. The van der Waals surface area contributed by atoms with Crippen molar-refractivity contribution in [2.75, 3.05) is 5.75 Å². The number of amides is 1. The number of rotatable bonds is 10. The molecule has 1 heterocycles. The van der Waals surface area contributed by atoms with Gasteiger partial charge in [-0.15, -0.1) is 11.3 Å². The molecule has 1 aromatic heterocycles. The van der Waals surface area contributed by atoms with Gasteiger partial charge >= 0.3 is 0 Å². The van der Waals surface area contributed by atoms with Crippen LogP contribution in [0.3, 0.4) is 0 Å². The maximum absolute atomic E-state index is 13.6. The van der Waals surface area contributed by atoms with E-state index in [4.69, 9.17) is 0 Å². The summed E-state index contributed by atoms with van der Waals surface area (Å²) in [6.45, 7) is 0. The molecule has 2 N–H and O–H groups in total. The minimum atomic E-state index is -2.64. The summed E-state index contributed by atoms with van der Waals surface area (Å²) in [5.41, 5.74) is 0.274. The Labute approximate surface area is 171 Å². The lowest BCUT2D eigenvalue weighted by molar-refractivity contribution is -0.123. The molecule has 1 amide bonds. The van der Waals surface area contributed by atoms with Crippen LogP contribution < -0.4 is 10.6 Å². The van der Waals surface area contributed by atoms with Crippen molar-refractivity contribution >= 4 is 29.0 Å². The van der Waals surface area contributed by atoms with Gasteiger partial charge in [-0.25, -0.2) is 8.78 Å². The highest BCUT2D eigenvalue weighted by atomic mass is 32.2. The predicted molar refractivity (Wildman–Crippen MR) is 108 cm³/mol. The van der Waals surface area contributed by atoms with E-state index in [1.54, 1.807) is 17.5 Å². The molecule has 148 valence electrons. The lowest BCUT2D eigenvalue weighted by Crippen LogP contribution is -2.51. The molecule has 2 aromatic rings. The topological polar surface area (TPSA) is 64.9 Å². The number of thioether (sulfide) groups is 1. The molecule has 4 nitrogen and oxygen atoms in total. The van der Waals surface area contributed by atoms with Crippen molar-refractivity contribution < 1.29 is 13.6 Å². The van der Waals surface area contributed by atoms with Crippen LogP contribution in [0.15, 0.2) is 47.8 Å². The van der Waals surface area contributed by atoms with Crippen molar-refractivity contribution in [2.24, 2.45) is 0 Å². The van der Waals surface area contributed by atoms with Crippen LogP contribution in [0, 0.1) is 11.3 Å². The van der Waals surface area contributed by atoms with Crippen LogP contribution in [0.5, 0.6) is 0 Å². The highest BCUT2D eigenvalue weighted by Crippen LogP contribution is 2.34. The molecule has 0 saturated heterocycles. The molecular formula is C20H21F2N3OS2. The Hall–Kier alpha value is -1.95. The first kappa shape index (κ1) is 20.8. The van der Waals surface area contributed by atoms with E-state index >= 15 is 0 Å². The molecule has 0 aliphatic heterocycles. The third-order valence-corrected chi connectivity index (χ3v) is 6.58. The number of thiophene rings is 1. The minimum Gasteiger partial charge on any atom is -0.336 e.